The average molecular weight is 348 g/mol. The lowest BCUT2D eigenvalue weighted by atomic mass is 10.1. The number of hydrogen-bond acceptors (Lipinski definition) is 4. The standard InChI is InChI=1S/C18H28N4O3/c1-4-25-18(23)22-10-8-15(9-11-22)21-17(19-2)20-13-14-6-5-7-16(12-14)24-3/h5-7,12,15H,4,8-11,13H2,1-3H3,(H2,19,20,21). The number of piperidine rings is 1. The molecule has 1 heterocycles. The van der Waals surface area contributed by atoms with Crippen LogP contribution in [0.4, 0.5) is 4.79 Å². The molecule has 7 nitrogen and oxygen atoms in total. The second kappa shape index (κ2) is 9.76. The van der Waals surface area contributed by atoms with Gasteiger partial charge in [0, 0.05) is 32.7 Å². The second-order valence-electron chi connectivity index (χ2n) is 5.88. The molecule has 0 atom stereocenters. The Kier molecular flexibility index (Phi) is 7.37. The fourth-order valence-corrected chi connectivity index (χ4v) is 2.78. The zero-order chi connectivity index (χ0) is 18.1. The molecule has 1 fully saturated rings. The van der Waals surface area contributed by atoms with Crippen LogP contribution in [0.1, 0.15) is 25.3 Å². The molecule has 0 unspecified atom stereocenters. The van der Waals surface area contributed by atoms with E-state index >= 15 is 0 Å². The van der Waals surface area contributed by atoms with E-state index in [1.54, 1.807) is 19.1 Å². The van der Waals surface area contributed by atoms with Crippen LogP contribution in [0.15, 0.2) is 29.3 Å². The van der Waals surface area contributed by atoms with E-state index in [4.69, 9.17) is 9.47 Å². The van der Waals surface area contributed by atoms with Gasteiger partial charge in [0.2, 0.25) is 0 Å². The van der Waals surface area contributed by atoms with Gasteiger partial charge in [0.15, 0.2) is 5.96 Å². The van der Waals surface area contributed by atoms with Gasteiger partial charge >= 0.3 is 6.09 Å². The van der Waals surface area contributed by atoms with Crippen LogP contribution >= 0.6 is 0 Å². The normalized spacial score (nSPS) is 15.6. The number of aliphatic imine (C=N–C) groups is 1. The first kappa shape index (κ1) is 18.9. The first-order chi connectivity index (χ1) is 12.2. The molecule has 1 amide bonds. The Morgan fingerprint density at radius 3 is 2.76 bits per heavy atom. The minimum Gasteiger partial charge on any atom is -0.497 e. The van der Waals surface area contributed by atoms with Gasteiger partial charge in [0.05, 0.1) is 13.7 Å². The van der Waals surface area contributed by atoms with Gasteiger partial charge in [-0.05, 0) is 37.5 Å². The molecule has 25 heavy (non-hydrogen) atoms. The van der Waals surface area contributed by atoms with Crippen molar-refractivity contribution in [3.63, 3.8) is 0 Å². The molecular weight excluding hydrogens is 320 g/mol. The quantitative estimate of drug-likeness (QED) is 0.629. The number of likely N-dealkylation sites (tertiary alicyclic amines) is 1. The molecule has 138 valence electrons. The molecule has 0 aliphatic carbocycles. The smallest absolute Gasteiger partial charge is 0.409 e. The monoisotopic (exact) mass is 348 g/mol. The summed E-state index contributed by atoms with van der Waals surface area (Å²) < 4.78 is 10.3. The highest BCUT2D eigenvalue weighted by Crippen LogP contribution is 2.13. The predicted octanol–water partition coefficient (Wildman–Crippen LogP) is 1.98. The molecule has 1 saturated heterocycles. The van der Waals surface area contributed by atoms with Crippen molar-refractivity contribution >= 4 is 12.1 Å². The number of benzene rings is 1. The van der Waals surface area contributed by atoms with Crippen LogP contribution in [0.2, 0.25) is 0 Å². The van der Waals surface area contributed by atoms with Crippen LogP contribution in [0, 0.1) is 0 Å². The number of nitrogens with one attached hydrogen (secondary N) is 2. The van der Waals surface area contributed by atoms with Crippen LogP contribution in [0.5, 0.6) is 5.75 Å². The van der Waals surface area contributed by atoms with E-state index in [0.717, 1.165) is 30.1 Å². The van der Waals surface area contributed by atoms with Crippen molar-refractivity contribution in [2.75, 3.05) is 33.9 Å². The summed E-state index contributed by atoms with van der Waals surface area (Å²) in [5.74, 6) is 1.60. The number of nitrogens with zero attached hydrogens (tertiary/aromatic N) is 2. The SMILES string of the molecule is CCOC(=O)N1CCC(NC(=NC)NCc2cccc(OC)c2)CC1. The fraction of sp³-hybridized carbons (Fsp3) is 0.556. The number of rotatable bonds is 5. The molecule has 1 aliphatic heterocycles. The van der Waals surface area contributed by atoms with Gasteiger partial charge in [-0.1, -0.05) is 12.1 Å². The summed E-state index contributed by atoms with van der Waals surface area (Å²) >= 11 is 0. The predicted molar refractivity (Wildman–Crippen MR) is 97.9 cm³/mol. The third kappa shape index (κ3) is 5.85. The van der Waals surface area contributed by atoms with E-state index in [-0.39, 0.29) is 6.09 Å². The summed E-state index contributed by atoms with van der Waals surface area (Å²) in [6, 6.07) is 8.23. The van der Waals surface area contributed by atoms with Crippen LogP contribution in [-0.2, 0) is 11.3 Å². The van der Waals surface area contributed by atoms with Crippen molar-refractivity contribution in [2.45, 2.75) is 32.4 Å². The minimum atomic E-state index is -0.221. The topological polar surface area (TPSA) is 75.2 Å². The maximum absolute atomic E-state index is 11.7. The zero-order valence-corrected chi connectivity index (χ0v) is 15.2. The summed E-state index contributed by atoms with van der Waals surface area (Å²) in [6.45, 7) is 4.30. The molecule has 2 rings (SSSR count). The molecule has 2 N–H and O–H groups in total. The van der Waals surface area contributed by atoms with Crippen molar-refractivity contribution in [2.24, 2.45) is 4.99 Å². The Morgan fingerprint density at radius 1 is 1.36 bits per heavy atom. The van der Waals surface area contributed by atoms with Crippen LogP contribution < -0.4 is 15.4 Å². The van der Waals surface area contributed by atoms with Gasteiger partial charge in [-0.3, -0.25) is 4.99 Å². The van der Waals surface area contributed by atoms with Gasteiger partial charge in [-0.2, -0.15) is 0 Å². The highest BCUT2D eigenvalue weighted by molar-refractivity contribution is 5.80. The summed E-state index contributed by atoms with van der Waals surface area (Å²) in [6.07, 6.45) is 1.53. The fourth-order valence-electron chi connectivity index (χ4n) is 2.78. The maximum atomic E-state index is 11.7. The Hall–Kier alpha value is -2.44. The molecule has 0 aromatic heterocycles. The molecule has 0 saturated carbocycles. The van der Waals surface area contributed by atoms with E-state index < -0.39 is 0 Å². The first-order valence-corrected chi connectivity index (χ1v) is 8.68. The van der Waals surface area contributed by atoms with Crippen LogP contribution in [0.25, 0.3) is 0 Å². The highest BCUT2D eigenvalue weighted by Gasteiger charge is 2.23. The zero-order valence-electron chi connectivity index (χ0n) is 15.2. The van der Waals surface area contributed by atoms with E-state index in [9.17, 15) is 4.79 Å². The first-order valence-electron chi connectivity index (χ1n) is 8.68. The van der Waals surface area contributed by atoms with Crippen molar-refractivity contribution in [1.82, 2.24) is 15.5 Å². The van der Waals surface area contributed by atoms with Crippen molar-refractivity contribution in [1.29, 1.82) is 0 Å². The average Bonchev–Trinajstić information content (AvgIpc) is 2.66. The summed E-state index contributed by atoms with van der Waals surface area (Å²) in [4.78, 5) is 17.8. The van der Waals surface area contributed by atoms with Gasteiger partial charge in [0.25, 0.3) is 0 Å². The van der Waals surface area contributed by atoms with E-state index in [2.05, 4.69) is 15.6 Å². The number of ether oxygens (including phenoxy) is 2. The van der Waals surface area contributed by atoms with Crippen molar-refractivity contribution < 1.29 is 14.3 Å². The molecule has 0 spiro atoms. The Bertz CT molecular complexity index is 583. The molecule has 1 aliphatic rings. The van der Waals surface area contributed by atoms with Crippen LogP contribution in [-0.4, -0.2) is 56.8 Å². The number of methoxy groups -OCH3 is 1. The van der Waals surface area contributed by atoms with E-state index in [1.807, 2.05) is 31.2 Å². The van der Waals surface area contributed by atoms with Gasteiger partial charge in [0.1, 0.15) is 5.75 Å². The Balaban J connectivity index is 1.78. The lowest BCUT2D eigenvalue weighted by Crippen LogP contribution is -2.49. The van der Waals surface area contributed by atoms with Crippen molar-refractivity contribution in [3.8, 4) is 5.75 Å². The molecule has 0 radical (unpaired) electrons. The number of carbonyl (C=O) groups is 1. The molecule has 0 bridgehead atoms. The summed E-state index contributed by atoms with van der Waals surface area (Å²) in [5, 5.41) is 6.74. The van der Waals surface area contributed by atoms with E-state index in [1.165, 1.54) is 0 Å². The molecule has 1 aromatic carbocycles. The minimum absolute atomic E-state index is 0.221. The lowest BCUT2D eigenvalue weighted by Gasteiger charge is -2.32. The number of hydrogen-bond donors (Lipinski definition) is 2. The van der Waals surface area contributed by atoms with E-state index in [0.29, 0.717) is 32.3 Å². The van der Waals surface area contributed by atoms with Gasteiger partial charge in [-0.25, -0.2) is 4.79 Å². The lowest BCUT2D eigenvalue weighted by molar-refractivity contribution is 0.0963. The van der Waals surface area contributed by atoms with Crippen molar-refractivity contribution in [3.05, 3.63) is 29.8 Å². The largest absolute Gasteiger partial charge is 0.497 e. The third-order valence-corrected chi connectivity index (χ3v) is 4.18. The molecule has 1 aromatic rings. The molecular formula is C18H28N4O3. The summed E-state index contributed by atoms with van der Waals surface area (Å²) in [5.41, 5.74) is 1.12. The summed E-state index contributed by atoms with van der Waals surface area (Å²) in [7, 11) is 3.42. The molecule has 7 heteroatoms. The van der Waals surface area contributed by atoms with Gasteiger partial charge < -0.3 is 25.0 Å². The highest BCUT2D eigenvalue weighted by atomic mass is 16.6. The second-order valence-corrected chi connectivity index (χ2v) is 5.88. The van der Waals surface area contributed by atoms with Crippen LogP contribution in [0.3, 0.4) is 0 Å². The number of amides is 1. The number of guanidine groups is 1. The Labute approximate surface area is 149 Å². The maximum Gasteiger partial charge on any atom is 0.409 e. The van der Waals surface area contributed by atoms with Gasteiger partial charge in [-0.15, -0.1) is 0 Å². The number of carbonyl (C=O) groups excluding carboxylic acids is 1. The Morgan fingerprint density at radius 2 is 2.12 bits per heavy atom. The third-order valence-electron chi connectivity index (χ3n) is 4.18.